The van der Waals surface area contributed by atoms with Crippen molar-refractivity contribution >= 4 is 0 Å². The molecule has 1 heterocycles. The van der Waals surface area contributed by atoms with Gasteiger partial charge in [0.15, 0.2) is 0 Å². The Balaban J connectivity index is 2.27. The van der Waals surface area contributed by atoms with Crippen LogP contribution < -0.4 is 5.32 Å². The number of piperidine rings is 1. The molecular weight excluding hydrogens is 224 g/mol. The van der Waals surface area contributed by atoms with Crippen LogP contribution in [-0.2, 0) is 0 Å². The second kappa shape index (κ2) is 7.73. The molecule has 0 aromatic rings. The fourth-order valence-electron chi connectivity index (χ4n) is 2.60. The number of hydrogen-bond acceptors (Lipinski definition) is 4. The lowest BCUT2D eigenvalue weighted by Gasteiger charge is -2.32. The zero-order chi connectivity index (χ0) is 13.5. The van der Waals surface area contributed by atoms with E-state index in [1.807, 2.05) is 0 Å². The first-order valence-corrected chi connectivity index (χ1v) is 7.04. The number of nitrogens with zero attached hydrogens (tertiary/aromatic N) is 3. The van der Waals surface area contributed by atoms with Gasteiger partial charge >= 0.3 is 0 Å². The zero-order valence-corrected chi connectivity index (χ0v) is 12.3. The fourth-order valence-corrected chi connectivity index (χ4v) is 2.60. The van der Waals surface area contributed by atoms with Gasteiger partial charge in [0, 0.05) is 19.1 Å². The molecular formula is C14H28N4. The van der Waals surface area contributed by atoms with Gasteiger partial charge in [-0.15, -0.1) is 0 Å². The van der Waals surface area contributed by atoms with Gasteiger partial charge in [0.2, 0.25) is 0 Å². The molecule has 0 bridgehead atoms. The number of likely N-dealkylation sites (N-methyl/N-ethyl adjacent to an activating group) is 1. The standard InChI is InChI=1S/C14H28N4/c1-12(2)16-14(9-15)11-18(4)10-13-5-7-17(3)8-6-13/h12-14,16H,5-8,10-11H2,1-4H3. The smallest absolute Gasteiger partial charge is 0.108 e. The van der Waals surface area contributed by atoms with Crippen LogP contribution in [0.4, 0.5) is 0 Å². The monoisotopic (exact) mass is 252 g/mol. The van der Waals surface area contributed by atoms with Crippen molar-refractivity contribution < 1.29 is 0 Å². The second-order valence-electron chi connectivity index (χ2n) is 5.97. The van der Waals surface area contributed by atoms with E-state index in [9.17, 15) is 0 Å². The van der Waals surface area contributed by atoms with Gasteiger partial charge in [-0.2, -0.15) is 5.26 Å². The van der Waals surface area contributed by atoms with Gasteiger partial charge in [-0.05, 0) is 59.8 Å². The van der Waals surface area contributed by atoms with Gasteiger partial charge < -0.3 is 9.80 Å². The molecule has 0 radical (unpaired) electrons. The van der Waals surface area contributed by atoms with Crippen molar-refractivity contribution in [3.05, 3.63) is 0 Å². The Hall–Kier alpha value is -0.630. The summed E-state index contributed by atoms with van der Waals surface area (Å²) in [5.41, 5.74) is 0. The SMILES string of the molecule is CC(C)NC(C#N)CN(C)CC1CCN(C)CC1. The molecule has 1 N–H and O–H groups in total. The van der Waals surface area contributed by atoms with Crippen LogP contribution in [-0.4, -0.2) is 62.2 Å². The molecule has 4 nitrogen and oxygen atoms in total. The number of rotatable bonds is 6. The average Bonchev–Trinajstić information content (AvgIpc) is 2.30. The van der Waals surface area contributed by atoms with Gasteiger partial charge in [-0.1, -0.05) is 0 Å². The number of nitriles is 1. The van der Waals surface area contributed by atoms with E-state index < -0.39 is 0 Å². The van der Waals surface area contributed by atoms with Crippen LogP contribution in [0.3, 0.4) is 0 Å². The molecule has 0 aromatic heterocycles. The van der Waals surface area contributed by atoms with E-state index in [1.54, 1.807) is 0 Å². The van der Waals surface area contributed by atoms with Crippen LogP contribution in [0.15, 0.2) is 0 Å². The predicted octanol–water partition coefficient (Wildman–Crippen LogP) is 1.15. The highest BCUT2D eigenvalue weighted by molar-refractivity contribution is 4.92. The lowest BCUT2D eigenvalue weighted by molar-refractivity contribution is 0.172. The molecule has 0 aliphatic carbocycles. The highest BCUT2D eigenvalue weighted by Crippen LogP contribution is 2.16. The minimum absolute atomic E-state index is 0.0544. The predicted molar refractivity (Wildman–Crippen MR) is 75.4 cm³/mol. The molecule has 1 atom stereocenters. The fraction of sp³-hybridized carbons (Fsp3) is 0.929. The van der Waals surface area contributed by atoms with Gasteiger partial charge in [0.25, 0.3) is 0 Å². The Bertz CT molecular complexity index is 263. The highest BCUT2D eigenvalue weighted by atomic mass is 15.1. The first-order valence-electron chi connectivity index (χ1n) is 7.04. The van der Waals surface area contributed by atoms with Crippen molar-refractivity contribution in [3.63, 3.8) is 0 Å². The largest absolute Gasteiger partial charge is 0.306 e. The molecule has 1 fully saturated rings. The van der Waals surface area contributed by atoms with Gasteiger partial charge in [0.1, 0.15) is 6.04 Å². The van der Waals surface area contributed by atoms with E-state index in [1.165, 1.54) is 25.9 Å². The topological polar surface area (TPSA) is 42.3 Å². The molecule has 18 heavy (non-hydrogen) atoms. The van der Waals surface area contributed by atoms with E-state index in [0.29, 0.717) is 6.04 Å². The first-order chi connectivity index (χ1) is 8.51. The summed E-state index contributed by atoms with van der Waals surface area (Å²) in [5.74, 6) is 0.796. The molecule has 1 aliphatic heterocycles. The third kappa shape index (κ3) is 5.81. The normalized spacial score (nSPS) is 20.3. The number of nitrogens with one attached hydrogen (secondary N) is 1. The quantitative estimate of drug-likeness (QED) is 0.770. The lowest BCUT2D eigenvalue weighted by Crippen LogP contribution is -2.44. The molecule has 1 saturated heterocycles. The van der Waals surface area contributed by atoms with Crippen LogP contribution in [0.1, 0.15) is 26.7 Å². The summed E-state index contributed by atoms with van der Waals surface area (Å²) in [6.45, 7) is 8.53. The van der Waals surface area contributed by atoms with Crippen molar-refractivity contribution in [1.82, 2.24) is 15.1 Å². The average molecular weight is 252 g/mol. The number of hydrogen-bond donors (Lipinski definition) is 1. The molecule has 0 aromatic carbocycles. The summed E-state index contributed by atoms with van der Waals surface area (Å²) in [7, 11) is 4.32. The third-order valence-electron chi connectivity index (χ3n) is 3.59. The van der Waals surface area contributed by atoms with Crippen LogP contribution in [0.25, 0.3) is 0 Å². The van der Waals surface area contributed by atoms with Crippen molar-refractivity contribution in [2.24, 2.45) is 5.92 Å². The summed E-state index contributed by atoms with van der Waals surface area (Å²) in [4.78, 5) is 4.70. The van der Waals surface area contributed by atoms with Crippen molar-refractivity contribution in [2.75, 3.05) is 40.3 Å². The van der Waals surface area contributed by atoms with Crippen molar-refractivity contribution in [2.45, 2.75) is 38.8 Å². The minimum atomic E-state index is -0.0544. The van der Waals surface area contributed by atoms with Gasteiger partial charge in [0.05, 0.1) is 6.07 Å². The molecule has 0 amide bonds. The maximum atomic E-state index is 9.12. The summed E-state index contributed by atoms with van der Waals surface area (Å²) >= 11 is 0. The Labute approximate surface area is 112 Å². The molecule has 1 rings (SSSR count). The number of likely N-dealkylation sites (tertiary alicyclic amines) is 1. The van der Waals surface area contributed by atoms with Gasteiger partial charge in [-0.25, -0.2) is 0 Å². The summed E-state index contributed by atoms with van der Waals surface area (Å²) in [5, 5.41) is 12.4. The Morgan fingerprint density at radius 2 is 2.00 bits per heavy atom. The van der Waals surface area contributed by atoms with E-state index in [2.05, 4.69) is 49.1 Å². The van der Waals surface area contributed by atoms with Crippen LogP contribution in [0.5, 0.6) is 0 Å². The highest BCUT2D eigenvalue weighted by Gasteiger charge is 2.19. The molecule has 0 spiro atoms. The maximum absolute atomic E-state index is 9.12. The van der Waals surface area contributed by atoms with Crippen LogP contribution in [0, 0.1) is 17.2 Å². The molecule has 1 unspecified atom stereocenters. The Morgan fingerprint density at radius 1 is 1.39 bits per heavy atom. The van der Waals surface area contributed by atoms with E-state index >= 15 is 0 Å². The van der Waals surface area contributed by atoms with E-state index in [4.69, 9.17) is 5.26 Å². The van der Waals surface area contributed by atoms with Crippen molar-refractivity contribution in [1.29, 1.82) is 5.26 Å². The molecule has 1 aliphatic rings. The van der Waals surface area contributed by atoms with E-state index in [0.717, 1.165) is 19.0 Å². The lowest BCUT2D eigenvalue weighted by atomic mass is 9.96. The van der Waals surface area contributed by atoms with Crippen LogP contribution in [0.2, 0.25) is 0 Å². The minimum Gasteiger partial charge on any atom is -0.306 e. The summed E-state index contributed by atoms with van der Waals surface area (Å²) in [6.07, 6.45) is 2.57. The zero-order valence-electron chi connectivity index (χ0n) is 12.3. The first kappa shape index (κ1) is 15.4. The Kier molecular flexibility index (Phi) is 6.62. The summed E-state index contributed by atoms with van der Waals surface area (Å²) in [6, 6.07) is 2.66. The summed E-state index contributed by atoms with van der Waals surface area (Å²) < 4.78 is 0. The third-order valence-corrected chi connectivity index (χ3v) is 3.59. The van der Waals surface area contributed by atoms with Gasteiger partial charge in [-0.3, -0.25) is 5.32 Å². The second-order valence-corrected chi connectivity index (χ2v) is 5.97. The Morgan fingerprint density at radius 3 is 2.50 bits per heavy atom. The van der Waals surface area contributed by atoms with E-state index in [-0.39, 0.29) is 6.04 Å². The molecule has 104 valence electrons. The van der Waals surface area contributed by atoms with Crippen LogP contribution >= 0.6 is 0 Å². The maximum Gasteiger partial charge on any atom is 0.108 e. The molecule has 0 saturated carbocycles. The van der Waals surface area contributed by atoms with Crippen molar-refractivity contribution in [3.8, 4) is 6.07 Å². The molecule has 4 heteroatoms.